The van der Waals surface area contributed by atoms with Gasteiger partial charge in [0.15, 0.2) is 0 Å². The zero-order valence-electron chi connectivity index (χ0n) is 9.60. The highest BCUT2D eigenvalue weighted by molar-refractivity contribution is 6.45. The van der Waals surface area contributed by atoms with Crippen molar-refractivity contribution in [2.75, 3.05) is 0 Å². The number of halogens is 3. The molecule has 0 saturated carbocycles. The first-order valence-corrected chi connectivity index (χ1v) is 6.67. The van der Waals surface area contributed by atoms with Gasteiger partial charge < -0.3 is 0 Å². The van der Waals surface area contributed by atoms with Crippen molar-refractivity contribution in [2.45, 2.75) is 25.6 Å². The van der Waals surface area contributed by atoms with Crippen LogP contribution in [0.2, 0.25) is 10.0 Å². The zero-order chi connectivity index (χ0) is 12.6. The minimum atomic E-state index is 0.330. The lowest BCUT2D eigenvalue weighted by molar-refractivity contribution is 0.828. The fraction of sp³-hybridized carbons (Fsp3) is 0.308. The van der Waals surface area contributed by atoms with Crippen LogP contribution in [0.3, 0.4) is 0 Å². The average molecular weight is 289 g/mol. The average Bonchev–Trinajstić information content (AvgIpc) is 2.32. The van der Waals surface area contributed by atoms with Gasteiger partial charge in [-0.05, 0) is 23.6 Å². The lowest BCUT2D eigenvalue weighted by Crippen LogP contribution is -1.97. The monoisotopic (exact) mass is 287 g/mol. The summed E-state index contributed by atoms with van der Waals surface area (Å²) in [5, 5.41) is 1.99. The summed E-state index contributed by atoms with van der Waals surface area (Å²) in [5.74, 6) is 0.771. The summed E-state index contributed by atoms with van der Waals surface area (Å²) in [5.41, 5.74) is 2.76. The molecule has 2 aromatic rings. The lowest BCUT2D eigenvalue weighted by atomic mass is 10.0. The smallest absolute Gasteiger partial charge is 0.0910 e. The van der Waals surface area contributed by atoms with E-state index in [1.807, 2.05) is 12.1 Å². The molecule has 4 heteroatoms. The first-order chi connectivity index (χ1) is 8.04. The predicted octanol–water partition coefficient (Wildman–Crippen LogP) is 5.40. The maximum absolute atomic E-state index is 6.19. The summed E-state index contributed by atoms with van der Waals surface area (Å²) in [6.45, 7) is 4.18. The third kappa shape index (κ3) is 2.37. The van der Waals surface area contributed by atoms with Gasteiger partial charge in [-0.1, -0.05) is 43.1 Å². The molecule has 0 amide bonds. The molecule has 0 bridgehead atoms. The van der Waals surface area contributed by atoms with Crippen LogP contribution in [-0.4, -0.2) is 4.98 Å². The quantitative estimate of drug-likeness (QED) is 0.674. The van der Waals surface area contributed by atoms with Gasteiger partial charge in [0.1, 0.15) is 0 Å². The second-order valence-corrected chi connectivity index (χ2v) is 5.30. The van der Waals surface area contributed by atoms with Gasteiger partial charge in [-0.15, -0.1) is 11.6 Å². The van der Waals surface area contributed by atoms with Crippen molar-refractivity contribution in [1.29, 1.82) is 0 Å². The second-order valence-electron chi connectivity index (χ2n) is 4.25. The molecule has 90 valence electrons. The number of fused-ring (bicyclic) bond motifs is 1. The van der Waals surface area contributed by atoms with Gasteiger partial charge in [0, 0.05) is 17.0 Å². The van der Waals surface area contributed by atoms with E-state index in [2.05, 4.69) is 18.8 Å². The van der Waals surface area contributed by atoms with Crippen LogP contribution in [0.25, 0.3) is 10.9 Å². The van der Waals surface area contributed by atoms with E-state index in [-0.39, 0.29) is 0 Å². The fourth-order valence-electron chi connectivity index (χ4n) is 1.73. The Balaban J connectivity index is 2.83. The van der Waals surface area contributed by atoms with Crippen LogP contribution in [0.15, 0.2) is 18.2 Å². The molecule has 1 heterocycles. The summed E-state index contributed by atoms with van der Waals surface area (Å²) in [4.78, 5) is 4.57. The van der Waals surface area contributed by atoms with Gasteiger partial charge in [0.25, 0.3) is 0 Å². The first kappa shape index (κ1) is 12.9. The van der Waals surface area contributed by atoms with E-state index in [0.29, 0.717) is 21.8 Å². The SMILES string of the molecule is CC(C)c1cc(CCl)c2ccc(Cl)c(Cl)c2n1. The highest BCUT2D eigenvalue weighted by Crippen LogP contribution is 2.33. The van der Waals surface area contributed by atoms with E-state index in [0.717, 1.165) is 22.2 Å². The van der Waals surface area contributed by atoms with Crippen LogP contribution < -0.4 is 0 Å². The number of pyridine rings is 1. The molecule has 1 nitrogen and oxygen atoms in total. The molecule has 0 radical (unpaired) electrons. The van der Waals surface area contributed by atoms with E-state index in [1.165, 1.54) is 0 Å². The molecule has 0 atom stereocenters. The molecule has 0 aliphatic heterocycles. The van der Waals surface area contributed by atoms with Gasteiger partial charge >= 0.3 is 0 Å². The van der Waals surface area contributed by atoms with E-state index in [4.69, 9.17) is 34.8 Å². The Morgan fingerprint density at radius 2 is 1.94 bits per heavy atom. The topological polar surface area (TPSA) is 12.9 Å². The Bertz CT molecular complexity index is 564. The van der Waals surface area contributed by atoms with Crippen molar-refractivity contribution in [3.63, 3.8) is 0 Å². The van der Waals surface area contributed by atoms with E-state index in [1.54, 1.807) is 6.07 Å². The van der Waals surface area contributed by atoms with Crippen molar-refractivity contribution in [1.82, 2.24) is 4.98 Å². The van der Waals surface area contributed by atoms with E-state index >= 15 is 0 Å². The van der Waals surface area contributed by atoms with Crippen LogP contribution >= 0.6 is 34.8 Å². The molecular weight excluding hydrogens is 277 g/mol. The normalized spacial score (nSPS) is 11.4. The molecular formula is C13H12Cl3N. The van der Waals surface area contributed by atoms with Crippen molar-refractivity contribution in [3.8, 4) is 0 Å². The summed E-state index contributed by atoms with van der Waals surface area (Å²) < 4.78 is 0. The summed E-state index contributed by atoms with van der Waals surface area (Å²) >= 11 is 18.2. The fourth-order valence-corrected chi connectivity index (χ4v) is 2.31. The molecule has 0 spiro atoms. The highest BCUT2D eigenvalue weighted by atomic mass is 35.5. The molecule has 17 heavy (non-hydrogen) atoms. The Hall–Kier alpha value is -0.500. The van der Waals surface area contributed by atoms with Crippen LogP contribution in [0.4, 0.5) is 0 Å². The number of rotatable bonds is 2. The number of alkyl halides is 1. The van der Waals surface area contributed by atoms with Gasteiger partial charge in [-0.25, -0.2) is 0 Å². The maximum atomic E-state index is 6.19. The second kappa shape index (κ2) is 5.01. The van der Waals surface area contributed by atoms with Crippen molar-refractivity contribution < 1.29 is 0 Å². The number of hydrogen-bond donors (Lipinski definition) is 0. The third-order valence-electron chi connectivity index (χ3n) is 2.71. The molecule has 0 saturated heterocycles. The lowest BCUT2D eigenvalue weighted by Gasteiger charge is -2.11. The molecule has 1 aromatic heterocycles. The summed E-state index contributed by atoms with van der Waals surface area (Å²) in [6, 6.07) is 5.72. The van der Waals surface area contributed by atoms with Gasteiger partial charge in [0.2, 0.25) is 0 Å². The Kier molecular flexibility index (Phi) is 3.82. The number of hydrogen-bond acceptors (Lipinski definition) is 1. The first-order valence-electron chi connectivity index (χ1n) is 5.38. The van der Waals surface area contributed by atoms with Gasteiger partial charge in [-0.3, -0.25) is 4.98 Å². The zero-order valence-corrected chi connectivity index (χ0v) is 11.9. The van der Waals surface area contributed by atoms with Crippen LogP contribution in [0, 0.1) is 0 Å². The molecule has 0 fully saturated rings. The summed E-state index contributed by atoms with van der Waals surface area (Å²) in [6.07, 6.45) is 0. The van der Waals surface area contributed by atoms with Crippen molar-refractivity contribution in [2.24, 2.45) is 0 Å². The van der Waals surface area contributed by atoms with Crippen molar-refractivity contribution >= 4 is 45.7 Å². The van der Waals surface area contributed by atoms with E-state index in [9.17, 15) is 0 Å². The predicted molar refractivity (Wildman–Crippen MR) is 75.4 cm³/mol. The largest absolute Gasteiger partial charge is 0.251 e. The highest BCUT2D eigenvalue weighted by Gasteiger charge is 2.12. The van der Waals surface area contributed by atoms with Crippen molar-refractivity contribution in [3.05, 3.63) is 39.5 Å². The van der Waals surface area contributed by atoms with Crippen LogP contribution in [0.5, 0.6) is 0 Å². The van der Waals surface area contributed by atoms with Crippen LogP contribution in [0.1, 0.15) is 31.0 Å². The molecule has 0 aliphatic rings. The van der Waals surface area contributed by atoms with Gasteiger partial charge in [0.05, 0.1) is 15.6 Å². The van der Waals surface area contributed by atoms with Crippen LogP contribution in [-0.2, 0) is 5.88 Å². The molecule has 0 N–H and O–H groups in total. The third-order valence-corrected chi connectivity index (χ3v) is 3.80. The van der Waals surface area contributed by atoms with Gasteiger partial charge in [-0.2, -0.15) is 0 Å². The summed E-state index contributed by atoms with van der Waals surface area (Å²) in [7, 11) is 0. The Morgan fingerprint density at radius 3 is 2.53 bits per heavy atom. The standard InChI is InChI=1S/C13H12Cl3N/c1-7(2)11-5-8(6-14)9-3-4-10(15)12(16)13(9)17-11/h3-5,7H,6H2,1-2H3. The minimum Gasteiger partial charge on any atom is -0.251 e. The maximum Gasteiger partial charge on any atom is 0.0910 e. The molecule has 2 rings (SSSR count). The number of aromatic nitrogens is 1. The number of benzene rings is 1. The van der Waals surface area contributed by atoms with E-state index < -0.39 is 0 Å². The number of nitrogens with zero attached hydrogens (tertiary/aromatic N) is 1. The molecule has 0 aliphatic carbocycles. The molecule has 0 unspecified atom stereocenters. The molecule has 1 aromatic carbocycles. The Labute approximate surface area is 116 Å². The minimum absolute atomic E-state index is 0.330. The Morgan fingerprint density at radius 1 is 1.24 bits per heavy atom.